The molecule has 1 aromatic heterocycles. The summed E-state index contributed by atoms with van der Waals surface area (Å²) in [5, 5.41) is 8.95. The molecule has 6 nitrogen and oxygen atoms in total. The lowest BCUT2D eigenvalue weighted by molar-refractivity contribution is 0.148. The van der Waals surface area contributed by atoms with Gasteiger partial charge in [-0.2, -0.15) is 4.31 Å². The monoisotopic (exact) mass is 339 g/mol. The van der Waals surface area contributed by atoms with Gasteiger partial charge in [0.2, 0.25) is 10.0 Å². The van der Waals surface area contributed by atoms with Crippen molar-refractivity contribution < 1.29 is 22.7 Å². The fraction of sp³-hybridized carbons (Fsp3) is 0.600. The van der Waals surface area contributed by atoms with Crippen LogP contribution in [0.5, 0.6) is 0 Å². The van der Waals surface area contributed by atoms with Gasteiger partial charge in [-0.15, -0.1) is 0 Å². The Morgan fingerprint density at radius 2 is 2.17 bits per heavy atom. The first-order chi connectivity index (χ1) is 8.55. The number of aliphatic hydroxyl groups excluding tert-OH is 1. The Hall–Kier alpha value is -0.410. The van der Waals surface area contributed by atoms with Crippen LogP contribution in [0.3, 0.4) is 0 Å². The average molecular weight is 340 g/mol. The summed E-state index contributed by atoms with van der Waals surface area (Å²) in [7, 11) is -3.60. The molecule has 1 aliphatic rings. The molecule has 0 aromatic carbocycles. The molecule has 2 heterocycles. The molecule has 8 heteroatoms. The molecule has 0 bridgehead atoms. The first-order valence-corrected chi connectivity index (χ1v) is 7.76. The van der Waals surface area contributed by atoms with E-state index >= 15 is 0 Å². The quantitative estimate of drug-likeness (QED) is 0.886. The van der Waals surface area contributed by atoms with Crippen molar-refractivity contribution in [1.82, 2.24) is 4.31 Å². The summed E-state index contributed by atoms with van der Waals surface area (Å²) in [6.07, 6.45) is 0.668. The molecule has 1 aromatic rings. The number of ether oxygens (including phenoxy) is 1. The molecule has 18 heavy (non-hydrogen) atoms. The molecule has 2 rings (SSSR count). The number of hydrogen-bond donors (Lipinski definition) is 1. The van der Waals surface area contributed by atoms with Gasteiger partial charge in [0, 0.05) is 25.8 Å². The highest BCUT2D eigenvalue weighted by molar-refractivity contribution is 9.10. The van der Waals surface area contributed by atoms with E-state index in [1.165, 1.54) is 10.4 Å². The maximum atomic E-state index is 12.4. The van der Waals surface area contributed by atoms with E-state index in [2.05, 4.69) is 15.9 Å². The van der Waals surface area contributed by atoms with Gasteiger partial charge in [-0.3, -0.25) is 0 Å². The maximum Gasteiger partial charge on any atom is 0.247 e. The van der Waals surface area contributed by atoms with Gasteiger partial charge < -0.3 is 14.3 Å². The standard InChI is InChI=1S/C10H14BrNO5S/c11-10-9(6-8(7-13)17-10)18(14,15)12-2-1-4-16-5-3-12/h6,13H,1-5,7H2. The summed E-state index contributed by atoms with van der Waals surface area (Å²) in [5.74, 6) is 0.214. The van der Waals surface area contributed by atoms with Gasteiger partial charge in [0.25, 0.3) is 0 Å². The Labute approximate surface area is 114 Å². The third kappa shape index (κ3) is 2.77. The molecule has 1 saturated heterocycles. The van der Waals surface area contributed by atoms with Crippen LogP contribution >= 0.6 is 15.9 Å². The minimum Gasteiger partial charge on any atom is -0.450 e. The lowest BCUT2D eigenvalue weighted by Crippen LogP contribution is -2.33. The molecule has 102 valence electrons. The highest BCUT2D eigenvalue weighted by atomic mass is 79.9. The van der Waals surface area contributed by atoms with Crippen LogP contribution in [0.4, 0.5) is 0 Å². The Balaban J connectivity index is 2.31. The summed E-state index contributed by atoms with van der Waals surface area (Å²) >= 11 is 3.07. The molecular formula is C10H14BrNO5S. The third-order valence-corrected chi connectivity index (χ3v) is 5.42. The Morgan fingerprint density at radius 1 is 1.39 bits per heavy atom. The molecule has 0 unspecified atom stereocenters. The lowest BCUT2D eigenvalue weighted by Gasteiger charge is -2.18. The van der Waals surface area contributed by atoms with E-state index in [4.69, 9.17) is 14.3 Å². The van der Waals surface area contributed by atoms with Gasteiger partial charge >= 0.3 is 0 Å². The Bertz CT molecular complexity index is 504. The average Bonchev–Trinajstić information content (AvgIpc) is 2.55. The van der Waals surface area contributed by atoms with E-state index in [9.17, 15) is 8.42 Å². The minimum atomic E-state index is -3.60. The SMILES string of the molecule is O=S(=O)(c1cc(CO)oc1Br)N1CCCOCC1. The second kappa shape index (κ2) is 5.70. The first-order valence-electron chi connectivity index (χ1n) is 5.52. The van der Waals surface area contributed by atoms with Crippen LogP contribution in [0.1, 0.15) is 12.2 Å². The summed E-state index contributed by atoms with van der Waals surface area (Å²) in [4.78, 5) is 0.0495. The number of halogens is 1. The van der Waals surface area contributed by atoms with Gasteiger partial charge in [0.1, 0.15) is 17.3 Å². The van der Waals surface area contributed by atoms with Crippen molar-refractivity contribution in [1.29, 1.82) is 0 Å². The van der Waals surface area contributed by atoms with Gasteiger partial charge in [0.05, 0.1) is 6.61 Å². The summed E-state index contributed by atoms with van der Waals surface area (Å²) < 4.78 is 36.6. The van der Waals surface area contributed by atoms with E-state index < -0.39 is 10.0 Å². The summed E-state index contributed by atoms with van der Waals surface area (Å²) in [6, 6.07) is 1.34. The van der Waals surface area contributed by atoms with E-state index in [1.807, 2.05) is 0 Å². The molecule has 1 N–H and O–H groups in total. The molecule has 1 fully saturated rings. The van der Waals surface area contributed by atoms with Gasteiger partial charge in [-0.1, -0.05) is 0 Å². The highest BCUT2D eigenvalue weighted by Crippen LogP contribution is 2.29. The van der Waals surface area contributed by atoms with Crippen LogP contribution in [0.15, 0.2) is 20.0 Å². The third-order valence-electron chi connectivity index (χ3n) is 2.66. The topological polar surface area (TPSA) is 80.0 Å². The lowest BCUT2D eigenvalue weighted by atomic mass is 10.5. The zero-order chi connectivity index (χ0) is 13.2. The van der Waals surface area contributed by atoms with Crippen LogP contribution in [-0.4, -0.2) is 44.1 Å². The van der Waals surface area contributed by atoms with Gasteiger partial charge in [-0.05, 0) is 22.4 Å². The fourth-order valence-electron chi connectivity index (χ4n) is 1.75. The van der Waals surface area contributed by atoms with E-state index in [0.29, 0.717) is 32.7 Å². The number of nitrogens with zero attached hydrogens (tertiary/aromatic N) is 1. The highest BCUT2D eigenvalue weighted by Gasteiger charge is 2.29. The van der Waals surface area contributed by atoms with Crippen LogP contribution in [0.25, 0.3) is 0 Å². The smallest absolute Gasteiger partial charge is 0.247 e. The Morgan fingerprint density at radius 3 is 2.83 bits per heavy atom. The van der Waals surface area contributed by atoms with Gasteiger partial charge in [-0.25, -0.2) is 8.42 Å². The van der Waals surface area contributed by atoms with Crippen molar-refractivity contribution >= 4 is 26.0 Å². The van der Waals surface area contributed by atoms with Crippen molar-refractivity contribution in [2.45, 2.75) is 17.9 Å². The molecule has 0 aliphatic carbocycles. The number of aliphatic hydroxyl groups is 1. The second-order valence-electron chi connectivity index (χ2n) is 3.88. The first kappa shape index (κ1) is 14.0. The van der Waals surface area contributed by atoms with Crippen LogP contribution in [-0.2, 0) is 21.4 Å². The van der Waals surface area contributed by atoms with E-state index in [0.717, 1.165) is 0 Å². The number of rotatable bonds is 3. The van der Waals surface area contributed by atoms with Crippen LogP contribution in [0.2, 0.25) is 0 Å². The molecular weight excluding hydrogens is 326 g/mol. The largest absolute Gasteiger partial charge is 0.450 e. The van der Waals surface area contributed by atoms with Gasteiger partial charge in [0.15, 0.2) is 4.67 Å². The molecule has 1 aliphatic heterocycles. The molecule has 0 atom stereocenters. The van der Waals surface area contributed by atoms with Crippen molar-refractivity contribution in [3.63, 3.8) is 0 Å². The zero-order valence-electron chi connectivity index (χ0n) is 9.63. The van der Waals surface area contributed by atoms with Crippen LogP contribution in [0, 0.1) is 0 Å². The van der Waals surface area contributed by atoms with Crippen molar-refractivity contribution in [2.75, 3.05) is 26.3 Å². The number of hydrogen-bond acceptors (Lipinski definition) is 5. The van der Waals surface area contributed by atoms with Crippen molar-refractivity contribution in [3.8, 4) is 0 Å². The van der Waals surface area contributed by atoms with E-state index in [1.54, 1.807) is 0 Å². The number of furan rings is 1. The molecule has 0 saturated carbocycles. The predicted molar refractivity (Wildman–Crippen MR) is 66.5 cm³/mol. The maximum absolute atomic E-state index is 12.4. The molecule has 0 amide bonds. The van der Waals surface area contributed by atoms with Crippen molar-refractivity contribution in [2.24, 2.45) is 0 Å². The summed E-state index contributed by atoms with van der Waals surface area (Å²) in [5.41, 5.74) is 0. The minimum absolute atomic E-state index is 0.0495. The van der Waals surface area contributed by atoms with Crippen molar-refractivity contribution in [3.05, 3.63) is 16.5 Å². The zero-order valence-corrected chi connectivity index (χ0v) is 12.0. The molecule has 0 spiro atoms. The van der Waals surface area contributed by atoms with E-state index in [-0.39, 0.29) is 21.9 Å². The predicted octanol–water partition coefficient (Wildman–Crippen LogP) is 0.945. The second-order valence-corrected chi connectivity index (χ2v) is 6.51. The summed E-state index contributed by atoms with van der Waals surface area (Å²) in [6.45, 7) is 1.38. The van der Waals surface area contributed by atoms with Crippen LogP contribution < -0.4 is 0 Å². The number of sulfonamides is 1. The normalized spacial score (nSPS) is 18.8. The Kier molecular flexibility index (Phi) is 4.44. The fourth-order valence-corrected chi connectivity index (χ4v) is 4.18. The molecule has 0 radical (unpaired) electrons.